The molecule has 2 heterocycles. The molecule has 3 nitrogen and oxygen atoms in total. The number of nitrogens with one attached hydrogen (secondary N) is 1. The molecule has 3 heteroatoms. The second-order valence-electron chi connectivity index (χ2n) is 6.80. The van der Waals surface area contributed by atoms with Crippen molar-refractivity contribution < 1.29 is 4.74 Å². The van der Waals surface area contributed by atoms with Crippen LogP contribution in [0.25, 0.3) is 0 Å². The van der Waals surface area contributed by atoms with Crippen molar-refractivity contribution in [2.75, 3.05) is 33.2 Å². The van der Waals surface area contributed by atoms with E-state index in [4.69, 9.17) is 4.74 Å². The van der Waals surface area contributed by atoms with Crippen molar-refractivity contribution >= 4 is 0 Å². The number of aryl methyl sites for hydroxylation is 1. The molecule has 0 spiro atoms. The molecule has 2 aliphatic rings. The summed E-state index contributed by atoms with van der Waals surface area (Å²) in [5.41, 5.74) is 2.71. The molecule has 0 bridgehead atoms. The number of fused-ring (bicyclic) bond motifs is 1. The third kappa shape index (κ3) is 3.98. The fraction of sp³-hybridized carbons (Fsp3) is 0.667. The Bertz CT molecular complexity index is 468. The van der Waals surface area contributed by atoms with E-state index in [2.05, 4.69) is 42.4 Å². The SMILES string of the molecule is Cc1ccc2c(c1)CC(CN(C)CCC1CCNCC1)O2. The molecule has 1 aromatic rings. The van der Waals surface area contributed by atoms with Crippen LogP contribution in [-0.2, 0) is 6.42 Å². The van der Waals surface area contributed by atoms with Crippen molar-refractivity contribution in [1.29, 1.82) is 0 Å². The van der Waals surface area contributed by atoms with E-state index in [-0.39, 0.29) is 0 Å². The lowest BCUT2D eigenvalue weighted by Crippen LogP contribution is -2.34. The van der Waals surface area contributed by atoms with Gasteiger partial charge in [-0.25, -0.2) is 0 Å². The van der Waals surface area contributed by atoms with Gasteiger partial charge < -0.3 is 15.0 Å². The van der Waals surface area contributed by atoms with E-state index in [0.29, 0.717) is 6.10 Å². The number of benzene rings is 1. The van der Waals surface area contributed by atoms with Crippen LogP contribution in [0.4, 0.5) is 0 Å². The summed E-state index contributed by atoms with van der Waals surface area (Å²) < 4.78 is 6.07. The molecule has 0 amide bonds. The van der Waals surface area contributed by atoms with Gasteiger partial charge in [-0.05, 0) is 70.4 Å². The van der Waals surface area contributed by atoms with Gasteiger partial charge in [0.2, 0.25) is 0 Å². The van der Waals surface area contributed by atoms with Gasteiger partial charge in [-0.2, -0.15) is 0 Å². The van der Waals surface area contributed by atoms with Crippen LogP contribution in [0.1, 0.15) is 30.4 Å². The predicted octanol–water partition coefficient (Wildman–Crippen LogP) is 2.62. The maximum Gasteiger partial charge on any atom is 0.123 e. The van der Waals surface area contributed by atoms with E-state index >= 15 is 0 Å². The lowest BCUT2D eigenvalue weighted by Gasteiger charge is -2.26. The van der Waals surface area contributed by atoms with Crippen LogP contribution < -0.4 is 10.1 Å². The van der Waals surface area contributed by atoms with Gasteiger partial charge in [0.05, 0.1) is 0 Å². The molecule has 3 rings (SSSR count). The van der Waals surface area contributed by atoms with E-state index in [0.717, 1.165) is 24.6 Å². The number of likely N-dealkylation sites (N-methyl/N-ethyl adjacent to an activating group) is 1. The summed E-state index contributed by atoms with van der Waals surface area (Å²) in [6.07, 6.45) is 5.42. The first-order valence-electron chi connectivity index (χ1n) is 8.36. The fourth-order valence-corrected chi connectivity index (χ4v) is 3.56. The summed E-state index contributed by atoms with van der Waals surface area (Å²) in [5, 5.41) is 3.44. The Morgan fingerprint density at radius 1 is 1.29 bits per heavy atom. The van der Waals surface area contributed by atoms with E-state index in [9.17, 15) is 0 Å². The van der Waals surface area contributed by atoms with Gasteiger partial charge in [-0.1, -0.05) is 17.7 Å². The minimum atomic E-state index is 0.333. The minimum Gasteiger partial charge on any atom is -0.488 e. The molecule has 1 saturated heterocycles. The molecule has 21 heavy (non-hydrogen) atoms. The molecular weight excluding hydrogens is 260 g/mol. The highest BCUT2D eigenvalue weighted by Gasteiger charge is 2.24. The molecule has 1 aromatic carbocycles. The number of hydrogen-bond acceptors (Lipinski definition) is 3. The van der Waals surface area contributed by atoms with Crippen LogP contribution in [0, 0.1) is 12.8 Å². The minimum absolute atomic E-state index is 0.333. The van der Waals surface area contributed by atoms with Crippen molar-refractivity contribution in [2.24, 2.45) is 5.92 Å². The Kier molecular flexibility index (Phi) is 4.81. The highest BCUT2D eigenvalue weighted by molar-refractivity contribution is 5.40. The summed E-state index contributed by atoms with van der Waals surface area (Å²) in [7, 11) is 2.23. The number of ether oxygens (including phenoxy) is 1. The second kappa shape index (κ2) is 6.80. The van der Waals surface area contributed by atoms with E-state index < -0.39 is 0 Å². The summed E-state index contributed by atoms with van der Waals surface area (Å²) in [6, 6.07) is 6.53. The van der Waals surface area contributed by atoms with E-state index in [1.54, 1.807) is 0 Å². The maximum atomic E-state index is 6.07. The van der Waals surface area contributed by atoms with Crippen LogP contribution in [0.2, 0.25) is 0 Å². The molecule has 116 valence electrons. The number of piperidine rings is 1. The predicted molar refractivity (Wildman–Crippen MR) is 87.0 cm³/mol. The molecule has 1 unspecified atom stereocenters. The van der Waals surface area contributed by atoms with E-state index in [1.807, 2.05) is 0 Å². The molecule has 0 saturated carbocycles. The average molecular weight is 288 g/mol. The topological polar surface area (TPSA) is 24.5 Å². The first kappa shape index (κ1) is 14.9. The lowest BCUT2D eigenvalue weighted by atomic mass is 9.94. The molecule has 0 aromatic heterocycles. The Balaban J connectivity index is 1.42. The average Bonchev–Trinajstić information content (AvgIpc) is 2.87. The van der Waals surface area contributed by atoms with Crippen molar-refractivity contribution in [2.45, 2.75) is 38.7 Å². The summed E-state index contributed by atoms with van der Waals surface area (Å²) in [4.78, 5) is 2.45. The van der Waals surface area contributed by atoms with Gasteiger partial charge in [0, 0.05) is 13.0 Å². The van der Waals surface area contributed by atoms with E-state index in [1.165, 1.54) is 50.0 Å². The molecule has 1 fully saturated rings. The van der Waals surface area contributed by atoms with Gasteiger partial charge in [0.15, 0.2) is 0 Å². The van der Waals surface area contributed by atoms with Gasteiger partial charge in [0.1, 0.15) is 11.9 Å². The normalized spacial score (nSPS) is 22.3. The molecule has 1 N–H and O–H groups in total. The molecular formula is C18H28N2O. The van der Waals surface area contributed by atoms with Crippen LogP contribution in [0.5, 0.6) is 5.75 Å². The van der Waals surface area contributed by atoms with Crippen molar-refractivity contribution in [1.82, 2.24) is 10.2 Å². The highest BCUT2D eigenvalue weighted by atomic mass is 16.5. The standard InChI is InChI=1S/C18H28N2O/c1-14-3-4-18-16(11-14)12-17(21-18)13-20(2)10-7-15-5-8-19-9-6-15/h3-4,11,15,17,19H,5-10,12-13H2,1-2H3. The molecule has 1 atom stereocenters. The summed E-state index contributed by atoms with van der Waals surface area (Å²) in [6.45, 7) is 6.79. The quantitative estimate of drug-likeness (QED) is 0.901. The van der Waals surface area contributed by atoms with Crippen molar-refractivity contribution in [3.63, 3.8) is 0 Å². The zero-order valence-electron chi connectivity index (χ0n) is 13.4. The number of hydrogen-bond donors (Lipinski definition) is 1. The monoisotopic (exact) mass is 288 g/mol. The Hall–Kier alpha value is -1.06. The number of rotatable bonds is 5. The van der Waals surface area contributed by atoms with Crippen molar-refractivity contribution in [3.05, 3.63) is 29.3 Å². The Labute approximate surface area is 128 Å². The van der Waals surface area contributed by atoms with Crippen LogP contribution in [0.3, 0.4) is 0 Å². The van der Waals surface area contributed by atoms with Crippen LogP contribution in [0.15, 0.2) is 18.2 Å². The zero-order valence-corrected chi connectivity index (χ0v) is 13.4. The third-order valence-electron chi connectivity index (χ3n) is 4.85. The largest absolute Gasteiger partial charge is 0.488 e. The summed E-state index contributed by atoms with van der Waals surface area (Å²) >= 11 is 0. The second-order valence-corrected chi connectivity index (χ2v) is 6.80. The Morgan fingerprint density at radius 3 is 2.90 bits per heavy atom. The first-order valence-corrected chi connectivity index (χ1v) is 8.36. The zero-order chi connectivity index (χ0) is 14.7. The third-order valence-corrected chi connectivity index (χ3v) is 4.85. The van der Waals surface area contributed by atoms with Crippen molar-refractivity contribution in [3.8, 4) is 5.75 Å². The molecule has 2 aliphatic heterocycles. The van der Waals surface area contributed by atoms with Crippen LogP contribution in [-0.4, -0.2) is 44.2 Å². The first-order chi connectivity index (χ1) is 10.2. The van der Waals surface area contributed by atoms with Gasteiger partial charge in [0.25, 0.3) is 0 Å². The maximum absolute atomic E-state index is 6.07. The molecule has 0 radical (unpaired) electrons. The smallest absolute Gasteiger partial charge is 0.123 e. The highest BCUT2D eigenvalue weighted by Crippen LogP contribution is 2.29. The number of nitrogens with zero attached hydrogens (tertiary/aromatic N) is 1. The fourth-order valence-electron chi connectivity index (χ4n) is 3.56. The van der Waals surface area contributed by atoms with Gasteiger partial charge in [-0.3, -0.25) is 0 Å². The Morgan fingerprint density at radius 2 is 2.10 bits per heavy atom. The lowest BCUT2D eigenvalue weighted by molar-refractivity contribution is 0.161. The molecule has 0 aliphatic carbocycles. The van der Waals surface area contributed by atoms with Crippen LogP contribution >= 0.6 is 0 Å². The van der Waals surface area contributed by atoms with Gasteiger partial charge in [-0.15, -0.1) is 0 Å². The summed E-state index contributed by atoms with van der Waals surface area (Å²) in [5.74, 6) is 2.01. The van der Waals surface area contributed by atoms with Gasteiger partial charge >= 0.3 is 0 Å².